The molecule has 0 bridgehead atoms. The van der Waals surface area contributed by atoms with Gasteiger partial charge in [0, 0.05) is 0 Å². The zero-order valence-corrected chi connectivity index (χ0v) is 6.53. The number of H-pyrrole nitrogens is 1. The Morgan fingerprint density at radius 2 is 2.14 bits per heavy atom. The molecule has 0 aliphatic carbocycles. The van der Waals surface area contributed by atoms with E-state index in [1.54, 1.807) is 4.98 Å². The van der Waals surface area contributed by atoms with Crippen LogP contribution in [-0.2, 0) is 0 Å². The number of alkyl halides is 2. The number of rotatable bonds is 2. The van der Waals surface area contributed by atoms with Gasteiger partial charge in [0.2, 0.25) is 5.43 Å². The summed E-state index contributed by atoms with van der Waals surface area (Å²) in [7, 11) is 0. The molecule has 0 aliphatic heterocycles. The summed E-state index contributed by atoms with van der Waals surface area (Å²) in [6, 6.07) is 0. The molecule has 8 heteroatoms. The number of aromatic amines is 1. The van der Waals surface area contributed by atoms with Gasteiger partial charge in [-0.1, -0.05) is 0 Å². The number of aromatic nitrogens is 1. The third-order valence-electron chi connectivity index (χ3n) is 1.48. The Kier molecular flexibility index (Phi) is 2.45. The highest BCUT2D eigenvalue weighted by molar-refractivity contribution is 5.40. The number of aromatic hydroxyl groups is 1. The zero-order valence-electron chi connectivity index (χ0n) is 6.53. The second-order valence-electron chi connectivity index (χ2n) is 2.33. The van der Waals surface area contributed by atoms with Gasteiger partial charge in [0.25, 0.3) is 12.2 Å². The molecule has 0 aromatic carbocycles. The van der Waals surface area contributed by atoms with Crippen molar-refractivity contribution >= 4 is 5.82 Å². The van der Waals surface area contributed by atoms with Crippen molar-refractivity contribution in [2.75, 3.05) is 0 Å². The van der Waals surface area contributed by atoms with Crippen LogP contribution in [-0.4, -0.2) is 15.0 Å². The lowest BCUT2D eigenvalue weighted by atomic mass is 10.2. The van der Waals surface area contributed by atoms with Crippen molar-refractivity contribution in [1.29, 1.82) is 0 Å². The summed E-state index contributed by atoms with van der Waals surface area (Å²) < 4.78 is 24.1. The smallest absolute Gasteiger partial charge is 0.367 e. The van der Waals surface area contributed by atoms with Crippen molar-refractivity contribution in [3.63, 3.8) is 0 Å². The molecule has 14 heavy (non-hydrogen) atoms. The number of pyridine rings is 1. The van der Waals surface area contributed by atoms with Crippen LogP contribution in [0.5, 0.6) is 5.75 Å². The Balaban J connectivity index is 3.42. The van der Waals surface area contributed by atoms with Crippen molar-refractivity contribution in [1.82, 2.24) is 4.98 Å². The van der Waals surface area contributed by atoms with Gasteiger partial charge < -0.3 is 15.2 Å². The van der Waals surface area contributed by atoms with Crippen molar-refractivity contribution in [2.45, 2.75) is 6.43 Å². The molecule has 6 nitrogen and oxygen atoms in total. The van der Waals surface area contributed by atoms with E-state index in [4.69, 9.17) is 5.11 Å². The largest absolute Gasteiger partial charge is 0.498 e. The normalized spacial score (nSPS) is 10.5. The van der Waals surface area contributed by atoms with Gasteiger partial charge in [-0.15, -0.1) is 0 Å². The summed E-state index contributed by atoms with van der Waals surface area (Å²) in [4.78, 5) is 21.7. The molecule has 1 aromatic heterocycles. The molecule has 0 amide bonds. The maximum Gasteiger partial charge on any atom is 0.367 e. The molecule has 0 aliphatic rings. The highest BCUT2D eigenvalue weighted by atomic mass is 19.3. The molecule has 1 heterocycles. The van der Waals surface area contributed by atoms with Crippen LogP contribution >= 0.6 is 0 Å². The Morgan fingerprint density at radius 3 is 2.57 bits per heavy atom. The fraction of sp³-hybridized carbons (Fsp3) is 0.167. The SMILES string of the molecule is O=c1c(C(F)F)c[nH]c([N+](=O)[O-])c1O. The Labute approximate surface area is 75.0 Å². The van der Waals surface area contributed by atoms with Gasteiger partial charge in [0.15, 0.2) is 0 Å². The third kappa shape index (κ3) is 1.53. The van der Waals surface area contributed by atoms with Gasteiger partial charge in [-0.25, -0.2) is 13.8 Å². The van der Waals surface area contributed by atoms with Crippen molar-refractivity contribution in [2.24, 2.45) is 0 Å². The molecule has 1 rings (SSSR count). The van der Waals surface area contributed by atoms with Crippen LogP contribution in [0.2, 0.25) is 0 Å². The first-order chi connectivity index (χ1) is 6.45. The fourth-order valence-electron chi connectivity index (χ4n) is 0.826. The first-order valence-electron chi connectivity index (χ1n) is 3.32. The maximum absolute atomic E-state index is 12.0. The second kappa shape index (κ2) is 3.40. The quantitative estimate of drug-likeness (QED) is 0.555. The third-order valence-corrected chi connectivity index (χ3v) is 1.48. The van der Waals surface area contributed by atoms with Crippen LogP contribution in [0.3, 0.4) is 0 Å². The lowest BCUT2D eigenvalue weighted by Gasteiger charge is -1.99. The van der Waals surface area contributed by atoms with Gasteiger partial charge >= 0.3 is 5.82 Å². The van der Waals surface area contributed by atoms with E-state index in [0.29, 0.717) is 6.20 Å². The minimum absolute atomic E-state index is 0.505. The van der Waals surface area contributed by atoms with Crippen LogP contribution in [0.15, 0.2) is 11.0 Å². The van der Waals surface area contributed by atoms with Crippen molar-refractivity contribution in [3.8, 4) is 5.75 Å². The molecule has 0 saturated heterocycles. The average molecular weight is 206 g/mol. The standard InChI is InChI=1S/C6H4F2N2O4/c7-5(8)2-1-9-6(10(13)14)4(12)3(2)11/h1,5,12H,(H,9,11). The van der Waals surface area contributed by atoms with Crippen LogP contribution < -0.4 is 5.43 Å². The summed E-state index contributed by atoms with van der Waals surface area (Å²) in [6.45, 7) is 0. The zero-order chi connectivity index (χ0) is 10.9. The highest BCUT2D eigenvalue weighted by Crippen LogP contribution is 2.22. The fourth-order valence-corrected chi connectivity index (χ4v) is 0.826. The summed E-state index contributed by atoms with van der Waals surface area (Å²) in [5.74, 6) is -2.31. The van der Waals surface area contributed by atoms with Crippen molar-refractivity contribution < 1.29 is 18.8 Å². The molecule has 76 valence electrons. The number of halogens is 2. The maximum atomic E-state index is 12.0. The molecule has 0 saturated carbocycles. The average Bonchev–Trinajstić information content (AvgIpc) is 2.08. The topological polar surface area (TPSA) is 96.2 Å². The Hall–Kier alpha value is -1.99. The lowest BCUT2D eigenvalue weighted by molar-refractivity contribution is -0.390. The lowest BCUT2D eigenvalue weighted by Crippen LogP contribution is -2.11. The first kappa shape index (κ1) is 10.1. The molecule has 1 aromatic rings. The minimum Gasteiger partial charge on any atom is -0.498 e. The first-order valence-corrected chi connectivity index (χ1v) is 3.32. The van der Waals surface area contributed by atoms with E-state index in [1.807, 2.05) is 0 Å². The van der Waals surface area contributed by atoms with E-state index in [1.165, 1.54) is 0 Å². The van der Waals surface area contributed by atoms with Gasteiger partial charge in [-0.2, -0.15) is 0 Å². The van der Waals surface area contributed by atoms with Gasteiger partial charge in [-0.3, -0.25) is 4.79 Å². The van der Waals surface area contributed by atoms with Crippen LogP contribution in [0.25, 0.3) is 0 Å². The molecule has 0 fully saturated rings. The predicted octanol–water partition coefficient (Wildman–Crippen LogP) is 0.926. The van der Waals surface area contributed by atoms with E-state index in [-0.39, 0.29) is 0 Å². The van der Waals surface area contributed by atoms with E-state index >= 15 is 0 Å². The number of hydrogen-bond donors (Lipinski definition) is 2. The summed E-state index contributed by atoms with van der Waals surface area (Å²) in [5.41, 5.74) is -2.45. The molecule has 0 radical (unpaired) electrons. The number of nitro groups is 1. The molecule has 0 atom stereocenters. The van der Waals surface area contributed by atoms with Gasteiger partial charge in [-0.05, 0) is 4.92 Å². The van der Waals surface area contributed by atoms with Crippen LogP contribution in [0.4, 0.5) is 14.6 Å². The highest BCUT2D eigenvalue weighted by Gasteiger charge is 2.22. The number of hydrogen-bond acceptors (Lipinski definition) is 4. The molecular formula is C6H4F2N2O4. The second-order valence-corrected chi connectivity index (χ2v) is 2.33. The molecule has 0 spiro atoms. The molecule has 2 N–H and O–H groups in total. The number of nitrogens with one attached hydrogen (secondary N) is 1. The van der Waals surface area contributed by atoms with E-state index in [0.717, 1.165) is 0 Å². The molecule has 0 unspecified atom stereocenters. The number of nitrogens with zero attached hydrogens (tertiary/aromatic N) is 1. The Morgan fingerprint density at radius 1 is 1.57 bits per heavy atom. The van der Waals surface area contributed by atoms with E-state index in [2.05, 4.69) is 0 Å². The summed E-state index contributed by atoms with van der Waals surface area (Å²) in [5, 5.41) is 19.0. The van der Waals surface area contributed by atoms with Crippen LogP contribution in [0, 0.1) is 10.1 Å². The van der Waals surface area contributed by atoms with E-state index in [9.17, 15) is 23.7 Å². The predicted molar refractivity (Wildman–Crippen MR) is 40.3 cm³/mol. The van der Waals surface area contributed by atoms with E-state index < -0.39 is 33.9 Å². The van der Waals surface area contributed by atoms with Gasteiger partial charge in [0.1, 0.15) is 11.8 Å². The summed E-state index contributed by atoms with van der Waals surface area (Å²) >= 11 is 0. The molecular weight excluding hydrogens is 202 g/mol. The summed E-state index contributed by atoms with van der Waals surface area (Å²) in [6.07, 6.45) is -2.59. The monoisotopic (exact) mass is 206 g/mol. The van der Waals surface area contributed by atoms with Gasteiger partial charge in [0.05, 0.1) is 0 Å². The minimum atomic E-state index is -3.09. The van der Waals surface area contributed by atoms with Crippen LogP contribution in [0.1, 0.15) is 12.0 Å². The van der Waals surface area contributed by atoms with Crippen molar-refractivity contribution in [3.05, 3.63) is 32.1 Å². The Bertz CT molecular complexity index is 428.